The molecule has 0 bridgehead atoms. The highest BCUT2D eigenvalue weighted by molar-refractivity contribution is 7.98. The molecule has 2 aromatic rings. The Morgan fingerprint density at radius 3 is 2.18 bits per heavy atom. The van der Waals surface area contributed by atoms with Crippen molar-refractivity contribution in [2.75, 3.05) is 16.9 Å². The van der Waals surface area contributed by atoms with Gasteiger partial charge in [-0.05, 0) is 47.6 Å². The summed E-state index contributed by atoms with van der Waals surface area (Å²) in [6.45, 7) is 6.50. The zero-order chi connectivity index (χ0) is 16.2. The van der Waals surface area contributed by atoms with Crippen LogP contribution in [-0.4, -0.2) is 12.3 Å². The Morgan fingerprint density at radius 1 is 0.955 bits per heavy atom. The summed E-state index contributed by atoms with van der Waals surface area (Å²) in [6.07, 6.45) is 2.01. The van der Waals surface area contributed by atoms with Crippen molar-refractivity contribution >= 4 is 29.2 Å². The maximum Gasteiger partial charge on any atom is 0.323 e. The number of carbonyl (C=O) groups excluding carboxylic acids is 1. The molecule has 116 valence electrons. The van der Waals surface area contributed by atoms with Crippen LogP contribution >= 0.6 is 11.8 Å². The van der Waals surface area contributed by atoms with Crippen LogP contribution in [0.3, 0.4) is 0 Å². The highest BCUT2D eigenvalue weighted by Crippen LogP contribution is 2.23. The van der Waals surface area contributed by atoms with Crippen LogP contribution in [0.15, 0.2) is 53.4 Å². The molecule has 0 heterocycles. The topological polar surface area (TPSA) is 41.1 Å². The number of carbonyl (C=O) groups is 1. The number of benzene rings is 2. The van der Waals surface area contributed by atoms with Crippen molar-refractivity contribution in [1.29, 1.82) is 0 Å². The molecule has 0 radical (unpaired) electrons. The molecule has 0 saturated carbocycles. The summed E-state index contributed by atoms with van der Waals surface area (Å²) in [5.74, 6) is 0. The standard InChI is InChI=1S/C18H22N2OS/c1-18(2,3)13-8-10-14(11-9-13)19-17(21)20-15-6-5-7-16(12-15)22-4/h5-12H,1-4H3,(H2,19,20,21). The molecule has 0 aliphatic heterocycles. The third-order valence-corrected chi connectivity index (χ3v) is 4.06. The third kappa shape index (κ3) is 4.53. The molecule has 0 aliphatic carbocycles. The van der Waals surface area contributed by atoms with E-state index in [1.165, 1.54) is 5.56 Å². The van der Waals surface area contributed by atoms with E-state index < -0.39 is 0 Å². The van der Waals surface area contributed by atoms with Crippen molar-refractivity contribution in [1.82, 2.24) is 0 Å². The van der Waals surface area contributed by atoms with Crippen LogP contribution in [0.1, 0.15) is 26.3 Å². The Labute approximate surface area is 136 Å². The second kappa shape index (κ2) is 6.88. The van der Waals surface area contributed by atoms with Gasteiger partial charge in [-0.15, -0.1) is 11.8 Å². The fraction of sp³-hybridized carbons (Fsp3) is 0.278. The minimum atomic E-state index is -0.234. The summed E-state index contributed by atoms with van der Waals surface area (Å²) in [6, 6.07) is 15.5. The molecule has 0 aromatic heterocycles. The van der Waals surface area contributed by atoms with Gasteiger partial charge in [0.25, 0.3) is 0 Å². The smallest absolute Gasteiger partial charge is 0.308 e. The summed E-state index contributed by atoms with van der Waals surface area (Å²) >= 11 is 1.65. The van der Waals surface area contributed by atoms with Crippen molar-refractivity contribution in [3.05, 3.63) is 54.1 Å². The van der Waals surface area contributed by atoms with Crippen LogP contribution in [0.25, 0.3) is 0 Å². The van der Waals surface area contributed by atoms with Gasteiger partial charge in [-0.1, -0.05) is 39.0 Å². The molecule has 2 N–H and O–H groups in total. The van der Waals surface area contributed by atoms with Crippen LogP contribution in [0, 0.1) is 0 Å². The molecular formula is C18H22N2OS. The van der Waals surface area contributed by atoms with Gasteiger partial charge in [-0.3, -0.25) is 0 Å². The van der Waals surface area contributed by atoms with Gasteiger partial charge in [0.2, 0.25) is 0 Å². The Morgan fingerprint density at radius 2 is 1.59 bits per heavy atom. The van der Waals surface area contributed by atoms with Crippen LogP contribution in [-0.2, 0) is 5.41 Å². The van der Waals surface area contributed by atoms with Gasteiger partial charge < -0.3 is 10.6 Å². The van der Waals surface area contributed by atoms with Gasteiger partial charge in [-0.25, -0.2) is 4.79 Å². The molecule has 2 rings (SSSR count). The van der Waals surface area contributed by atoms with Crippen molar-refractivity contribution < 1.29 is 4.79 Å². The van der Waals surface area contributed by atoms with Gasteiger partial charge in [0.15, 0.2) is 0 Å². The van der Waals surface area contributed by atoms with Gasteiger partial charge in [0.1, 0.15) is 0 Å². The van der Waals surface area contributed by atoms with Crippen molar-refractivity contribution in [2.24, 2.45) is 0 Å². The maximum absolute atomic E-state index is 12.0. The summed E-state index contributed by atoms with van der Waals surface area (Å²) in [5.41, 5.74) is 2.92. The molecule has 0 fully saturated rings. The highest BCUT2D eigenvalue weighted by Gasteiger charge is 2.13. The fourth-order valence-corrected chi connectivity index (χ4v) is 2.51. The van der Waals surface area contributed by atoms with E-state index in [1.54, 1.807) is 11.8 Å². The van der Waals surface area contributed by atoms with Gasteiger partial charge in [0.05, 0.1) is 0 Å². The zero-order valence-corrected chi connectivity index (χ0v) is 14.3. The van der Waals surface area contributed by atoms with E-state index in [2.05, 4.69) is 31.4 Å². The molecule has 0 spiro atoms. The van der Waals surface area contributed by atoms with E-state index in [0.29, 0.717) is 0 Å². The lowest BCUT2D eigenvalue weighted by Crippen LogP contribution is -2.19. The largest absolute Gasteiger partial charge is 0.323 e. The van der Waals surface area contributed by atoms with Crippen molar-refractivity contribution in [3.8, 4) is 0 Å². The van der Waals surface area contributed by atoms with Crippen molar-refractivity contribution in [3.63, 3.8) is 0 Å². The lowest BCUT2D eigenvalue weighted by atomic mass is 9.87. The molecule has 0 saturated heterocycles. The Kier molecular flexibility index (Phi) is 5.14. The Hall–Kier alpha value is -1.94. The van der Waals surface area contributed by atoms with Crippen molar-refractivity contribution in [2.45, 2.75) is 31.1 Å². The lowest BCUT2D eigenvalue weighted by Gasteiger charge is -2.19. The third-order valence-electron chi connectivity index (χ3n) is 3.34. The lowest BCUT2D eigenvalue weighted by molar-refractivity contribution is 0.262. The van der Waals surface area contributed by atoms with E-state index in [4.69, 9.17) is 0 Å². The maximum atomic E-state index is 12.0. The first kappa shape index (κ1) is 16.4. The first-order valence-corrected chi connectivity index (χ1v) is 8.43. The first-order chi connectivity index (χ1) is 10.4. The quantitative estimate of drug-likeness (QED) is 0.750. The number of hydrogen-bond acceptors (Lipinski definition) is 2. The number of rotatable bonds is 3. The zero-order valence-electron chi connectivity index (χ0n) is 13.4. The molecule has 22 heavy (non-hydrogen) atoms. The van der Waals surface area contributed by atoms with E-state index >= 15 is 0 Å². The average molecular weight is 314 g/mol. The number of anilines is 2. The number of hydrogen-bond donors (Lipinski definition) is 2. The molecule has 2 amide bonds. The van der Waals surface area contributed by atoms with Crippen LogP contribution in [0.5, 0.6) is 0 Å². The van der Waals surface area contributed by atoms with E-state index in [1.807, 2.05) is 54.8 Å². The summed E-state index contributed by atoms with van der Waals surface area (Å²) in [5, 5.41) is 5.70. The minimum Gasteiger partial charge on any atom is -0.308 e. The van der Waals surface area contributed by atoms with Gasteiger partial charge in [-0.2, -0.15) is 0 Å². The molecule has 0 atom stereocenters. The van der Waals surface area contributed by atoms with E-state index in [0.717, 1.165) is 16.3 Å². The molecular weight excluding hydrogens is 292 g/mol. The number of urea groups is 1. The number of amides is 2. The molecule has 0 unspecified atom stereocenters. The summed E-state index contributed by atoms with van der Waals surface area (Å²) < 4.78 is 0. The highest BCUT2D eigenvalue weighted by atomic mass is 32.2. The second-order valence-corrected chi connectivity index (χ2v) is 7.02. The fourth-order valence-electron chi connectivity index (χ4n) is 2.05. The molecule has 2 aromatic carbocycles. The van der Waals surface area contributed by atoms with Gasteiger partial charge >= 0.3 is 6.03 Å². The first-order valence-electron chi connectivity index (χ1n) is 7.21. The normalized spacial score (nSPS) is 11.1. The summed E-state index contributed by atoms with van der Waals surface area (Å²) in [4.78, 5) is 13.2. The van der Waals surface area contributed by atoms with Crippen LogP contribution in [0.4, 0.5) is 16.2 Å². The minimum absolute atomic E-state index is 0.110. The number of nitrogens with one attached hydrogen (secondary N) is 2. The van der Waals surface area contributed by atoms with Crippen LogP contribution < -0.4 is 10.6 Å². The monoisotopic (exact) mass is 314 g/mol. The Balaban J connectivity index is 1.99. The Bertz CT molecular complexity index is 645. The average Bonchev–Trinajstić information content (AvgIpc) is 2.47. The predicted octanol–water partition coefficient (Wildman–Crippen LogP) is 5.35. The van der Waals surface area contributed by atoms with E-state index in [9.17, 15) is 4.79 Å². The predicted molar refractivity (Wildman–Crippen MR) is 96.0 cm³/mol. The second-order valence-electron chi connectivity index (χ2n) is 6.14. The molecule has 4 heteroatoms. The SMILES string of the molecule is CSc1cccc(NC(=O)Nc2ccc(C(C)(C)C)cc2)c1. The summed E-state index contributed by atoms with van der Waals surface area (Å²) in [7, 11) is 0. The van der Waals surface area contributed by atoms with E-state index in [-0.39, 0.29) is 11.4 Å². The molecule has 0 aliphatic rings. The number of thioether (sulfide) groups is 1. The molecule has 3 nitrogen and oxygen atoms in total. The van der Waals surface area contributed by atoms with Gasteiger partial charge in [0, 0.05) is 16.3 Å². The van der Waals surface area contributed by atoms with Crippen LogP contribution in [0.2, 0.25) is 0 Å².